The molecule has 6 heteroatoms. The topological polar surface area (TPSA) is 65.2 Å². The fourth-order valence-corrected chi connectivity index (χ4v) is 2.40. The lowest BCUT2D eigenvalue weighted by Crippen LogP contribution is -2.40. The van der Waals surface area contributed by atoms with Crippen LogP contribution in [0.4, 0.5) is 8.78 Å². The fourth-order valence-electron chi connectivity index (χ4n) is 2.40. The molecule has 1 aromatic heterocycles. The second kappa shape index (κ2) is 5.21. The maximum atomic E-state index is 13.2. The zero-order valence-electron chi connectivity index (χ0n) is 10.6. The van der Waals surface area contributed by atoms with Crippen LogP contribution in [0.1, 0.15) is 41.2 Å². The highest BCUT2D eigenvalue weighted by Crippen LogP contribution is 2.39. The van der Waals surface area contributed by atoms with Gasteiger partial charge in [-0.3, -0.25) is 4.98 Å². The summed E-state index contributed by atoms with van der Waals surface area (Å²) in [6.45, 7) is 0. The van der Waals surface area contributed by atoms with Gasteiger partial charge in [0, 0.05) is 36.7 Å². The van der Waals surface area contributed by atoms with Gasteiger partial charge in [-0.25, -0.2) is 13.6 Å². The summed E-state index contributed by atoms with van der Waals surface area (Å²) in [4.78, 5) is 15.4. The number of carbonyl (C=O) groups is 1. The molecular weight excluding hydrogens is 254 g/mol. The third-order valence-electron chi connectivity index (χ3n) is 3.46. The average Bonchev–Trinajstić information content (AvgIpc) is 2.37. The van der Waals surface area contributed by atoms with Gasteiger partial charge in [-0.05, 0) is 18.6 Å². The molecule has 1 aliphatic carbocycles. The van der Waals surface area contributed by atoms with E-state index in [9.17, 15) is 13.6 Å². The Bertz CT molecular complexity index is 462. The SMILES string of the molecule is COC(=O)c1ccc(C2CCC(F)(F)CC2N)nc1. The number of aromatic nitrogens is 1. The monoisotopic (exact) mass is 270 g/mol. The van der Waals surface area contributed by atoms with Gasteiger partial charge in [-0.1, -0.05) is 0 Å². The second-order valence-electron chi connectivity index (χ2n) is 4.83. The van der Waals surface area contributed by atoms with Crippen LogP contribution in [0.5, 0.6) is 0 Å². The molecular formula is C13H16F2N2O2. The molecule has 2 N–H and O–H groups in total. The summed E-state index contributed by atoms with van der Waals surface area (Å²) >= 11 is 0. The number of halogens is 2. The summed E-state index contributed by atoms with van der Waals surface area (Å²) in [6.07, 6.45) is 1.20. The molecule has 0 saturated heterocycles. The van der Waals surface area contributed by atoms with E-state index in [1.54, 1.807) is 12.1 Å². The zero-order chi connectivity index (χ0) is 14.0. The lowest BCUT2D eigenvalue weighted by molar-refractivity contribution is -0.0449. The molecule has 1 heterocycles. The molecule has 2 rings (SSSR count). The van der Waals surface area contributed by atoms with Crippen LogP contribution in [0.3, 0.4) is 0 Å². The van der Waals surface area contributed by atoms with Crippen LogP contribution < -0.4 is 5.73 Å². The number of nitrogens with two attached hydrogens (primary N) is 1. The van der Waals surface area contributed by atoms with Gasteiger partial charge in [0.2, 0.25) is 5.92 Å². The minimum atomic E-state index is -2.68. The minimum Gasteiger partial charge on any atom is -0.465 e. The molecule has 0 spiro atoms. The van der Waals surface area contributed by atoms with Crippen molar-refractivity contribution in [1.29, 1.82) is 0 Å². The summed E-state index contributed by atoms with van der Waals surface area (Å²) in [7, 11) is 1.29. The molecule has 2 atom stereocenters. The maximum Gasteiger partial charge on any atom is 0.339 e. The van der Waals surface area contributed by atoms with E-state index in [1.807, 2.05) is 0 Å². The number of ether oxygens (including phenoxy) is 1. The smallest absolute Gasteiger partial charge is 0.339 e. The van der Waals surface area contributed by atoms with Gasteiger partial charge in [0.15, 0.2) is 0 Å². The number of nitrogens with zero attached hydrogens (tertiary/aromatic N) is 1. The van der Waals surface area contributed by atoms with Crippen LogP contribution in [0.25, 0.3) is 0 Å². The number of hydrogen-bond acceptors (Lipinski definition) is 4. The first-order chi connectivity index (χ1) is 8.93. The highest BCUT2D eigenvalue weighted by Gasteiger charge is 2.40. The minimum absolute atomic E-state index is 0.175. The molecule has 0 amide bonds. The Kier molecular flexibility index (Phi) is 3.80. The predicted molar refractivity (Wildman–Crippen MR) is 65.1 cm³/mol. The van der Waals surface area contributed by atoms with Crippen molar-refractivity contribution in [1.82, 2.24) is 4.98 Å². The van der Waals surface area contributed by atoms with Crippen LogP contribution in [0, 0.1) is 0 Å². The number of esters is 1. The Morgan fingerprint density at radius 1 is 1.53 bits per heavy atom. The third-order valence-corrected chi connectivity index (χ3v) is 3.46. The molecule has 0 radical (unpaired) electrons. The molecule has 4 nitrogen and oxygen atoms in total. The molecule has 0 aromatic carbocycles. The van der Waals surface area contributed by atoms with Crippen molar-refractivity contribution in [3.63, 3.8) is 0 Å². The van der Waals surface area contributed by atoms with Gasteiger partial charge in [0.25, 0.3) is 0 Å². The first-order valence-electron chi connectivity index (χ1n) is 6.10. The van der Waals surface area contributed by atoms with Crippen LogP contribution in [0.15, 0.2) is 18.3 Å². The Hall–Kier alpha value is -1.56. The molecule has 0 aliphatic heterocycles. The number of pyridine rings is 1. The van der Waals surface area contributed by atoms with E-state index in [2.05, 4.69) is 9.72 Å². The van der Waals surface area contributed by atoms with Crippen molar-refractivity contribution >= 4 is 5.97 Å². The van der Waals surface area contributed by atoms with E-state index in [0.29, 0.717) is 17.7 Å². The van der Waals surface area contributed by atoms with E-state index in [-0.39, 0.29) is 18.8 Å². The van der Waals surface area contributed by atoms with Gasteiger partial charge in [0.05, 0.1) is 12.7 Å². The van der Waals surface area contributed by atoms with Crippen molar-refractivity contribution in [3.8, 4) is 0 Å². The van der Waals surface area contributed by atoms with Gasteiger partial charge in [-0.2, -0.15) is 0 Å². The molecule has 1 fully saturated rings. The number of alkyl halides is 2. The molecule has 1 saturated carbocycles. The van der Waals surface area contributed by atoms with E-state index < -0.39 is 17.9 Å². The molecule has 0 bridgehead atoms. The first-order valence-corrected chi connectivity index (χ1v) is 6.10. The number of rotatable bonds is 2. The van der Waals surface area contributed by atoms with Gasteiger partial charge in [0.1, 0.15) is 0 Å². The average molecular weight is 270 g/mol. The van der Waals surface area contributed by atoms with Crippen LogP contribution in [-0.4, -0.2) is 30.0 Å². The number of carbonyl (C=O) groups excluding carboxylic acids is 1. The van der Waals surface area contributed by atoms with Crippen LogP contribution in [-0.2, 0) is 4.74 Å². The quantitative estimate of drug-likeness (QED) is 0.836. The van der Waals surface area contributed by atoms with E-state index >= 15 is 0 Å². The Balaban J connectivity index is 2.12. The number of methoxy groups -OCH3 is 1. The Morgan fingerprint density at radius 2 is 2.26 bits per heavy atom. The Morgan fingerprint density at radius 3 is 2.79 bits per heavy atom. The van der Waals surface area contributed by atoms with Crippen molar-refractivity contribution in [3.05, 3.63) is 29.6 Å². The summed E-state index contributed by atoms with van der Waals surface area (Å²) < 4.78 is 31.0. The van der Waals surface area contributed by atoms with Crippen molar-refractivity contribution in [2.24, 2.45) is 5.73 Å². The van der Waals surface area contributed by atoms with Crippen molar-refractivity contribution in [2.75, 3.05) is 7.11 Å². The van der Waals surface area contributed by atoms with Crippen LogP contribution in [0.2, 0.25) is 0 Å². The molecule has 1 aliphatic rings. The molecule has 1 aromatic rings. The summed E-state index contributed by atoms with van der Waals surface area (Å²) in [5.41, 5.74) is 6.78. The van der Waals surface area contributed by atoms with Gasteiger partial charge < -0.3 is 10.5 Å². The van der Waals surface area contributed by atoms with E-state index in [1.165, 1.54) is 13.3 Å². The maximum absolute atomic E-state index is 13.2. The molecule has 104 valence electrons. The lowest BCUT2D eigenvalue weighted by Gasteiger charge is -2.33. The second-order valence-corrected chi connectivity index (χ2v) is 4.83. The fraction of sp³-hybridized carbons (Fsp3) is 0.538. The lowest BCUT2D eigenvalue weighted by atomic mass is 9.80. The summed E-state index contributed by atoms with van der Waals surface area (Å²) in [5, 5.41) is 0. The van der Waals surface area contributed by atoms with Crippen molar-refractivity contribution in [2.45, 2.75) is 37.1 Å². The third kappa shape index (κ3) is 3.07. The summed E-state index contributed by atoms with van der Waals surface area (Å²) in [5.74, 6) is -3.34. The highest BCUT2D eigenvalue weighted by molar-refractivity contribution is 5.88. The Labute approximate surface area is 110 Å². The molecule has 19 heavy (non-hydrogen) atoms. The number of hydrogen-bond donors (Lipinski definition) is 1. The largest absolute Gasteiger partial charge is 0.465 e. The normalized spacial score (nSPS) is 25.9. The van der Waals surface area contributed by atoms with Gasteiger partial charge >= 0.3 is 5.97 Å². The summed E-state index contributed by atoms with van der Waals surface area (Å²) in [6, 6.07) is 2.62. The first kappa shape index (κ1) is 13.9. The highest BCUT2D eigenvalue weighted by atomic mass is 19.3. The standard InChI is InChI=1S/C13H16F2N2O2/c1-19-12(18)8-2-3-11(17-7-8)9-4-5-13(14,15)6-10(9)16/h2-3,7,9-10H,4-6,16H2,1H3. The van der Waals surface area contributed by atoms with Crippen LogP contribution >= 0.6 is 0 Å². The van der Waals surface area contributed by atoms with E-state index in [0.717, 1.165) is 0 Å². The molecule has 2 unspecified atom stereocenters. The van der Waals surface area contributed by atoms with Crippen molar-refractivity contribution < 1.29 is 18.3 Å². The van der Waals surface area contributed by atoms with E-state index in [4.69, 9.17) is 5.73 Å². The predicted octanol–water partition coefficient (Wildman–Crippen LogP) is 2.10. The van der Waals surface area contributed by atoms with Gasteiger partial charge in [-0.15, -0.1) is 0 Å². The zero-order valence-corrected chi connectivity index (χ0v) is 10.6.